The third kappa shape index (κ3) is 1.78. The normalized spacial score (nSPS) is 35.3. The van der Waals surface area contributed by atoms with Crippen LogP contribution in [0.15, 0.2) is 24.3 Å². The van der Waals surface area contributed by atoms with E-state index in [1.54, 1.807) is 0 Å². The van der Waals surface area contributed by atoms with E-state index < -0.39 is 0 Å². The minimum absolute atomic E-state index is 0.750. The summed E-state index contributed by atoms with van der Waals surface area (Å²) < 4.78 is 0. The van der Waals surface area contributed by atoms with E-state index in [1.807, 2.05) is 0 Å². The Labute approximate surface area is 74.5 Å². The molecule has 0 unspecified atom stereocenters. The van der Waals surface area contributed by atoms with Crippen LogP contribution in [0, 0.1) is 5.92 Å². The summed E-state index contributed by atoms with van der Waals surface area (Å²) in [5.41, 5.74) is 0. The molecular weight excluding hydrogens is 146 g/mol. The number of hydrogen-bond acceptors (Lipinski definition) is 1. The molecule has 0 spiro atoms. The molecular formula is C11H17N. The first kappa shape index (κ1) is 8.06. The SMILES string of the molecule is C1=CC[C@@H]([C@H]2CCCCN2)C=C1. The van der Waals surface area contributed by atoms with Gasteiger partial charge in [0, 0.05) is 6.04 Å². The Morgan fingerprint density at radius 2 is 2.17 bits per heavy atom. The van der Waals surface area contributed by atoms with Crippen molar-refractivity contribution < 1.29 is 0 Å². The highest BCUT2D eigenvalue weighted by atomic mass is 14.9. The van der Waals surface area contributed by atoms with Gasteiger partial charge in [0.15, 0.2) is 0 Å². The molecule has 0 amide bonds. The van der Waals surface area contributed by atoms with Gasteiger partial charge in [0.1, 0.15) is 0 Å². The first-order valence-electron chi connectivity index (χ1n) is 5.03. The van der Waals surface area contributed by atoms with E-state index in [4.69, 9.17) is 0 Å². The molecule has 66 valence electrons. The minimum Gasteiger partial charge on any atom is -0.313 e. The highest BCUT2D eigenvalue weighted by Crippen LogP contribution is 2.21. The maximum absolute atomic E-state index is 3.60. The van der Waals surface area contributed by atoms with E-state index in [1.165, 1.54) is 32.2 Å². The molecule has 1 saturated heterocycles. The quantitative estimate of drug-likeness (QED) is 0.625. The van der Waals surface area contributed by atoms with Crippen molar-refractivity contribution in [2.24, 2.45) is 5.92 Å². The molecule has 2 atom stereocenters. The van der Waals surface area contributed by atoms with Crippen molar-refractivity contribution in [1.82, 2.24) is 5.32 Å². The van der Waals surface area contributed by atoms with Crippen LogP contribution in [0.1, 0.15) is 25.7 Å². The molecule has 0 bridgehead atoms. The van der Waals surface area contributed by atoms with E-state index in [-0.39, 0.29) is 0 Å². The fourth-order valence-electron chi connectivity index (χ4n) is 2.14. The van der Waals surface area contributed by atoms with Crippen molar-refractivity contribution in [1.29, 1.82) is 0 Å². The van der Waals surface area contributed by atoms with Gasteiger partial charge in [0.25, 0.3) is 0 Å². The Hall–Kier alpha value is -0.560. The zero-order chi connectivity index (χ0) is 8.23. The van der Waals surface area contributed by atoms with Crippen molar-refractivity contribution in [3.05, 3.63) is 24.3 Å². The predicted molar refractivity (Wildman–Crippen MR) is 52.0 cm³/mol. The molecule has 1 heteroatoms. The van der Waals surface area contributed by atoms with Crippen LogP contribution in [0.2, 0.25) is 0 Å². The molecule has 2 rings (SSSR count). The van der Waals surface area contributed by atoms with E-state index in [2.05, 4.69) is 29.6 Å². The maximum atomic E-state index is 3.60. The first-order chi connectivity index (χ1) is 5.97. The highest BCUT2D eigenvalue weighted by Gasteiger charge is 2.20. The summed E-state index contributed by atoms with van der Waals surface area (Å²) in [6, 6.07) is 0.750. The van der Waals surface area contributed by atoms with Gasteiger partial charge in [-0.15, -0.1) is 0 Å². The van der Waals surface area contributed by atoms with Crippen molar-refractivity contribution >= 4 is 0 Å². The zero-order valence-corrected chi connectivity index (χ0v) is 7.50. The monoisotopic (exact) mass is 163 g/mol. The van der Waals surface area contributed by atoms with Crippen LogP contribution in [-0.2, 0) is 0 Å². The smallest absolute Gasteiger partial charge is 0.0133 e. The van der Waals surface area contributed by atoms with Gasteiger partial charge in [-0.1, -0.05) is 30.7 Å². The fraction of sp³-hybridized carbons (Fsp3) is 0.636. The highest BCUT2D eigenvalue weighted by molar-refractivity contribution is 5.13. The molecule has 12 heavy (non-hydrogen) atoms. The maximum Gasteiger partial charge on any atom is 0.0133 e. The molecule has 0 aromatic rings. The summed E-state index contributed by atoms with van der Waals surface area (Å²) in [4.78, 5) is 0. The second-order valence-electron chi connectivity index (χ2n) is 3.77. The minimum atomic E-state index is 0.750. The van der Waals surface area contributed by atoms with Crippen molar-refractivity contribution in [3.8, 4) is 0 Å². The van der Waals surface area contributed by atoms with Crippen molar-refractivity contribution in [2.75, 3.05) is 6.54 Å². The summed E-state index contributed by atoms with van der Waals surface area (Å²) in [6.45, 7) is 1.22. The van der Waals surface area contributed by atoms with Gasteiger partial charge in [0.2, 0.25) is 0 Å². The summed E-state index contributed by atoms with van der Waals surface area (Å²) in [6.07, 6.45) is 14.3. The van der Waals surface area contributed by atoms with Gasteiger partial charge in [0.05, 0.1) is 0 Å². The van der Waals surface area contributed by atoms with Gasteiger partial charge < -0.3 is 5.32 Å². The molecule has 0 saturated carbocycles. The van der Waals surface area contributed by atoms with Gasteiger partial charge in [-0.3, -0.25) is 0 Å². The van der Waals surface area contributed by atoms with Crippen LogP contribution in [0.25, 0.3) is 0 Å². The standard InChI is InChI=1S/C11H17N/c1-2-6-10(7-3-1)11-8-4-5-9-12-11/h1-3,6,10-12H,4-5,7-9H2/t10-,11+/m0/s1. The van der Waals surface area contributed by atoms with Crippen LogP contribution >= 0.6 is 0 Å². The molecule has 0 radical (unpaired) electrons. The average Bonchev–Trinajstić information content (AvgIpc) is 2.21. The average molecular weight is 163 g/mol. The summed E-state index contributed by atoms with van der Waals surface area (Å²) >= 11 is 0. The Bertz CT molecular complexity index is 187. The summed E-state index contributed by atoms with van der Waals surface area (Å²) in [7, 11) is 0. The number of allylic oxidation sites excluding steroid dienone is 3. The largest absolute Gasteiger partial charge is 0.313 e. The number of nitrogens with one attached hydrogen (secondary N) is 1. The molecule has 1 N–H and O–H groups in total. The molecule has 0 aromatic heterocycles. The van der Waals surface area contributed by atoms with Gasteiger partial charge in [-0.05, 0) is 31.7 Å². The van der Waals surface area contributed by atoms with Crippen LogP contribution in [0.4, 0.5) is 0 Å². The Morgan fingerprint density at radius 1 is 1.17 bits per heavy atom. The second kappa shape index (κ2) is 3.90. The van der Waals surface area contributed by atoms with E-state index in [0.717, 1.165) is 12.0 Å². The summed E-state index contributed by atoms with van der Waals surface area (Å²) in [5, 5.41) is 3.60. The lowest BCUT2D eigenvalue weighted by molar-refractivity contribution is 0.332. The van der Waals surface area contributed by atoms with Crippen LogP contribution < -0.4 is 5.32 Å². The molecule has 1 heterocycles. The lowest BCUT2D eigenvalue weighted by Crippen LogP contribution is -2.39. The number of rotatable bonds is 1. The van der Waals surface area contributed by atoms with Crippen molar-refractivity contribution in [2.45, 2.75) is 31.7 Å². The predicted octanol–water partition coefficient (Wildman–Crippen LogP) is 2.26. The molecule has 1 fully saturated rings. The van der Waals surface area contributed by atoms with Gasteiger partial charge >= 0.3 is 0 Å². The summed E-state index contributed by atoms with van der Waals surface area (Å²) in [5.74, 6) is 0.760. The second-order valence-corrected chi connectivity index (χ2v) is 3.77. The molecule has 1 nitrogen and oxygen atoms in total. The first-order valence-corrected chi connectivity index (χ1v) is 5.03. The Morgan fingerprint density at radius 3 is 2.83 bits per heavy atom. The van der Waals surface area contributed by atoms with E-state index >= 15 is 0 Å². The topological polar surface area (TPSA) is 12.0 Å². The lowest BCUT2D eigenvalue weighted by atomic mass is 9.87. The van der Waals surface area contributed by atoms with Gasteiger partial charge in [-0.2, -0.15) is 0 Å². The molecule has 1 aliphatic carbocycles. The van der Waals surface area contributed by atoms with E-state index in [0.29, 0.717) is 0 Å². The third-order valence-corrected chi connectivity index (χ3v) is 2.88. The van der Waals surface area contributed by atoms with E-state index in [9.17, 15) is 0 Å². The Balaban J connectivity index is 1.90. The fourth-order valence-corrected chi connectivity index (χ4v) is 2.14. The zero-order valence-electron chi connectivity index (χ0n) is 7.50. The van der Waals surface area contributed by atoms with Crippen LogP contribution in [-0.4, -0.2) is 12.6 Å². The number of hydrogen-bond donors (Lipinski definition) is 1. The van der Waals surface area contributed by atoms with Crippen LogP contribution in [0.5, 0.6) is 0 Å². The Kier molecular flexibility index (Phi) is 2.62. The lowest BCUT2D eigenvalue weighted by Gasteiger charge is -2.29. The molecule has 1 aliphatic heterocycles. The van der Waals surface area contributed by atoms with Gasteiger partial charge in [-0.25, -0.2) is 0 Å². The molecule has 2 aliphatic rings. The molecule has 0 aromatic carbocycles. The number of piperidine rings is 1. The van der Waals surface area contributed by atoms with Crippen molar-refractivity contribution in [3.63, 3.8) is 0 Å². The van der Waals surface area contributed by atoms with Crippen LogP contribution in [0.3, 0.4) is 0 Å². The third-order valence-electron chi connectivity index (χ3n) is 2.88.